The monoisotopic (exact) mass is 288 g/mol. The molecule has 3 heteroatoms. The van der Waals surface area contributed by atoms with Gasteiger partial charge in [0.15, 0.2) is 0 Å². The lowest BCUT2D eigenvalue weighted by Crippen LogP contribution is -2.24. The van der Waals surface area contributed by atoms with Gasteiger partial charge in [0.25, 0.3) is 0 Å². The molecule has 2 aromatic rings. The first-order valence-corrected chi connectivity index (χ1v) is 7.50. The molecule has 1 N–H and O–H groups in total. The van der Waals surface area contributed by atoms with E-state index in [-0.39, 0.29) is 0 Å². The Bertz CT molecular complexity index is 510. The minimum atomic E-state index is 0.297. The second-order valence-corrected chi connectivity index (χ2v) is 5.50. The Labute approximate surface area is 126 Å². The molecule has 2 nitrogen and oxygen atoms in total. The minimum absolute atomic E-state index is 0.297. The molecule has 1 unspecified atom stereocenters. The fraction of sp³-hybridized carbons (Fsp3) is 0.353. The van der Waals surface area contributed by atoms with Crippen molar-refractivity contribution in [2.75, 3.05) is 0 Å². The summed E-state index contributed by atoms with van der Waals surface area (Å²) < 4.78 is 0. The van der Waals surface area contributed by atoms with Gasteiger partial charge in [0.2, 0.25) is 0 Å². The van der Waals surface area contributed by atoms with E-state index >= 15 is 0 Å². The zero-order chi connectivity index (χ0) is 14.4. The van der Waals surface area contributed by atoms with Gasteiger partial charge in [0, 0.05) is 29.5 Å². The Morgan fingerprint density at radius 1 is 1.05 bits per heavy atom. The maximum atomic E-state index is 5.97. The Balaban J connectivity index is 2.11. The van der Waals surface area contributed by atoms with Crippen LogP contribution in [0.4, 0.5) is 0 Å². The number of nitrogens with one attached hydrogen (secondary N) is 1. The molecular formula is C17H21ClN2. The SMILES string of the molecule is CCCC(N[C@@H](C)c1ccncc1)c1ccc(Cl)cc1. The van der Waals surface area contributed by atoms with E-state index in [1.54, 1.807) is 0 Å². The van der Waals surface area contributed by atoms with Crippen LogP contribution in [0.1, 0.15) is 49.9 Å². The van der Waals surface area contributed by atoms with Crippen LogP contribution >= 0.6 is 11.6 Å². The first-order valence-electron chi connectivity index (χ1n) is 7.12. The van der Waals surface area contributed by atoms with Crippen molar-refractivity contribution in [1.29, 1.82) is 0 Å². The summed E-state index contributed by atoms with van der Waals surface area (Å²) in [6.07, 6.45) is 5.93. The second kappa shape index (κ2) is 7.41. The highest BCUT2D eigenvalue weighted by Gasteiger charge is 2.14. The van der Waals surface area contributed by atoms with E-state index in [1.807, 2.05) is 24.5 Å². The lowest BCUT2D eigenvalue weighted by molar-refractivity contribution is 0.439. The Morgan fingerprint density at radius 2 is 1.70 bits per heavy atom. The highest BCUT2D eigenvalue weighted by Crippen LogP contribution is 2.24. The molecule has 0 saturated carbocycles. The van der Waals surface area contributed by atoms with E-state index < -0.39 is 0 Å². The molecule has 20 heavy (non-hydrogen) atoms. The van der Waals surface area contributed by atoms with Gasteiger partial charge in [-0.15, -0.1) is 0 Å². The molecule has 0 aliphatic heterocycles. The summed E-state index contributed by atoms with van der Waals surface area (Å²) in [5.41, 5.74) is 2.55. The number of halogens is 1. The maximum Gasteiger partial charge on any atom is 0.0406 e. The number of aromatic nitrogens is 1. The van der Waals surface area contributed by atoms with Crippen molar-refractivity contribution in [2.45, 2.75) is 38.8 Å². The zero-order valence-corrected chi connectivity index (χ0v) is 12.8. The van der Waals surface area contributed by atoms with Crippen molar-refractivity contribution in [3.63, 3.8) is 0 Å². The minimum Gasteiger partial charge on any atom is -0.303 e. The van der Waals surface area contributed by atoms with Crippen molar-refractivity contribution in [1.82, 2.24) is 10.3 Å². The molecule has 0 fully saturated rings. The van der Waals surface area contributed by atoms with Gasteiger partial charge in [-0.3, -0.25) is 4.98 Å². The molecule has 1 heterocycles. The quantitative estimate of drug-likeness (QED) is 0.815. The van der Waals surface area contributed by atoms with Crippen LogP contribution in [0.5, 0.6) is 0 Å². The van der Waals surface area contributed by atoms with Crippen molar-refractivity contribution in [3.05, 3.63) is 64.9 Å². The standard InChI is InChI=1S/C17H21ClN2/c1-3-4-17(15-5-7-16(18)8-6-15)20-13(2)14-9-11-19-12-10-14/h5-13,17,20H,3-4H2,1-2H3/t13-,17?/m0/s1. The molecule has 0 aliphatic carbocycles. The molecule has 0 saturated heterocycles. The smallest absolute Gasteiger partial charge is 0.0406 e. The van der Waals surface area contributed by atoms with Gasteiger partial charge < -0.3 is 5.32 Å². The van der Waals surface area contributed by atoms with Gasteiger partial charge in [-0.25, -0.2) is 0 Å². The third-order valence-electron chi connectivity index (χ3n) is 3.51. The third kappa shape index (κ3) is 4.06. The van der Waals surface area contributed by atoms with E-state index in [0.717, 1.165) is 17.9 Å². The van der Waals surface area contributed by atoms with Gasteiger partial charge in [0.05, 0.1) is 0 Å². The normalized spacial score (nSPS) is 13.9. The summed E-state index contributed by atoms with van der Waals surface area (Å²) in [6, 6.07) is 12.9. The highest BCUT2D eigenvalue weighted by atomic mass is 35.5. The van der Waals surface area contributed by atoms with E-state index in [2.05, 4.69) is 48.4 Å². The van der Waals surface area contributed by atoms with Gasteiger partial charge in [0.1, 0.15) is 0 Å². The Kier molecular flexibility index (Phi) is 5.57. The molecule has 1 aromatic heterocycles. The van der Waals surface area contributed by atoms with Gasteiger partial charge >= 0.3 is 0 Å². The van der Waals surface area contributed by atoms with Crippen LogP contribution in [0.3, 0.4) is 0 Å². The van der Waals surface area contributed by atoms with Crippen LogP contribution in [0, 0.1) is 0 Å². The van der Waals surface area contributed by atoms with E-state index in [0.29, 0.717) is 12.1 Å². The molecule has 0 radical (unpaired) electrons. The summed E-state index contributed by atoms with van der Waals surface area (Å²) in [4.78, 5) is 4.07. The van der Waals surface area contributed by atoms with Crippen LogP contribution < -0.4 is 5.32 Å². The lowest BCUT2D eigenvalue weighted by atomic mass is 10.00. The molecule has 0 spiro atoms. The first kappa shape index (κ1) is 15.0. The number of pyridine rings is 1. The van der Waals surface area contributed by atoms with Crippen LogP contribution in [0.25, 0.3) is 0 Å². The van der Waals surface area contributed by atoms with E-state index in [4.69, 9.17) is 11.6 Å². The molecule has 0 aliphatic rings. The van der Waals surface area contributed by atoms with Gasteiger partial charge in [-0.1, -0.05) is 37.1 Å². The number of benzene rings is 1. The number of nitrogens with zero attached hydrogens (tertiary/aromatic N) is 1. The Morgan fingerprint density at radius 3 is 2.30 bits per heavy atom. The molecule has 0 bridgehead atoms. The lowest BCUT2D eigenvalue weighted by Gasteiger charge is -2.24. The average Bonchev–Trinajstić information content (AvgIpc) is 2.48. The molecule has 2 rings (SSSR count). The van der Waals surface area contributed by atoms with E-state index in [1.165, 1.54) is 11.1 Å². The van der Waals surface area contributed by atoms with E-state index in [9.17, 15) is 0 Å². The van der Waals surface area contributed by atoms with Crippen molar-refractivity contribution in [2.24, 2.45) is 0 Å². The zero-order valence-electron chi connectivity index (χ0n) is 12.0. The highest BCUT2D eigenvalue weighted by molar-refractivity contribution is 6.30. The third-order valence-corrected chi connectivity index (χ3v) is 3.76. The second-order valence-electron chi connectivity index (χ2n) is 5.06. The Hall–Kier alpha value is -1.38. The summed E-state index contributed by atoms with van der Waals surface area (Å²) in [5.74, 6) is 0. The summed E-state index contributed by atoms with van der Waals surface area (Å²) in [5, 5.41) is 4.48. The van der Waals surface area contributed by atoms with Crippen LogP contribution in [-0.2, 0) is 0 Å². The molecular weight excluding hydrogens is 268 g/mol. The summed E-state index contributed by atoms with van der Waals surface area (Å²) in [6.45, 7) is 4.40. The molecule has 2 atom stereocenters. The maximum absolute atomic E-state index is 5.97. The average molecular weight is 289 g/mol. The van der Waals surface area contributed by atoms with Crippen LogP contribution in [-0.4, -0.2) is 4.98 Å². The number of hydrogen-bond donors (Lipinski definition) is 1. The predicted molar refractivity (Wildman–Crippen MR) is 84.9 cm³/mol. The summed E-state index contributed by atoms with van der Waals surface area (Å²) >= 11 is 5.97. The van der Waals surface area contributed by atoms with Crippen LogP contribution in [0.2, 0.25) is 5.02 Å². The van der Waals surface area contributed by atoms with Crippen molar-refractivity contribution >= 4 is 11.6 Å². The van der Waals surface area contributed by atoms with Crippen LogP contribution in [0.15, 0.2) is 48.8 Å². The fourth-order valence-electron chi connectivity index (χ4n) is 2.38. The van der Waals surface area contributed by atoms with Gasteiger partial charge in [-0.05, 0) is 48.7 Å². The topological polar surface area (TPSA) is 24.9 Å². The largest absolute Gasteiger partial charge is 0.303 e. The predicted octanol–water partition coefficient (Wildman–Crippen LogP) is 4.93. The number of rotatable bonds is 6. The molecule has 106 valence electrons. The van der Waals surface area contributed by atoms with Crippen molar-refractivity contribution in [3.8, 4) is 0 Å². The molecule has 1 aromatic carbocycles. The number of hydrogen-bond acceptors (Lipinski definition) is 2. The molecule has 0 amide bonds. The van der Waals surface area contributed by atoms with Gasteiger partial charge in [-0.2, -0.15) is 0 Å². The van der Waals surface area contributed by atoms with Crippen molar-refractivity contribution < 1.29 is 0 Å². The summed E-state index contributed by atoms with van der Waals surface area (Å²) in [7, 11) is 0. The first-order chi connectivity index (χ1) is 9.70. The fourth-order valence-corrected chi connectivity index (χ4v) is 2.51.